The normalized spacial score (nSPS) is 13.9. The third-order valence-electron chi connectivity index (χ3n) is 4.99. The average Bonchev–Trinajstić information content (AvgIpc) is 2.47. The monoisotopic (exact) mass is 306 g/mol. The summed E-state index contributed by atoms with van der Waals surface area (Å²) in [5.74, 6) is 2.05. The van der Waals surface area contributed by atoms with Gasteiger partial charge >= 0.3 is 20.4 Å². The molecule has 0 radical (unpaired) electrons. The molecule has 0 bridgehead atoms. The van der Waals surface area contributed by atoms with Crippen LogP contribution in [0.2, 0.25) is 9.10 Å². The summed E-state index contributed by atoms with van der Waals surface area (Å²) in [6, 6.07) is 0. The van der Waals surface area contributed by atoms with Gasteiger partial charge in [-0.25, -0.2) is 0 Å². The molecule has 0 nitrogen and oxygen atoms in total. The molecule has 124 valence electrons. The van der Waals surface area contributed by atoms with Crippen molar-refractivity contribution in [2.45, 2.75) is 114 Å². The van der Waals surface area contributed by atoms with E-state index in [2.05, 4.69) is 27.7 Å². The van der Waals surface area contributed by atoms with Gasteiger partial charge in [0.2, 0.25) is 0 Å². The van der Waals surface area contributed by atoms with Crippen LogP contribution in [0.25, 0.3) is 0 Å². The zero-order chi connectivity index (χ0) is 15.8. The van der Waals surface area contributed by atoms with Gasteiger partial charge in [-0.2, -0.15) is 0 Å². The molecule has 0 saturated carbocycles. The first-order valence-corrected chi connectivity index (χ1v) is 12.2. The molecule has 0 aliphatic heterocycles. The summed E-state index contributed by atoms with van der Waals surface area (Å²) in [6.45, 7) is 9.61. The summed E-state index contributed by atoms with van der Waals surface area (Å²) < 4.78 is 3.21. The first-order chi connectivity index (χ1) is 10.2. The molecule has 21 heavy (non-hydrogen) atoms. The SMILES string of the molecule is CCCCCCCC(C)[CH2][Mg][CH2]C(C)CCCCCCC. The van der Waals surface area contributed by atoms with Crippen molar-refractivity contribution in [3.05, 3.63) is 0 Å². The van der Waals surface area contributed by atoms with Crippen LogP contribution >= 0.6 is 0 Å². The summed E-state index contributed by atoms with van der Waals surface area (Å²) >= 11 is 0.229. The highest BCUT2D eigenvalue weighted by molar-refractivity contribution is 6.35. The third kappa shape index (κ3) is 17.0. The van der Waals surface area contributed by atoms with E-state index in [9.17, 15) is 0 Å². The fraction of sp³-hybridized carbons (Fsp3) is 1.00. The first kappa shape index (κ1) is 21.8. The number of hydrogen-bond donors (Lipinski definition) is 0. The van der Waals surface area contributed by atoms with E-state index in [0.717, 1.165) is 11.8 Å². The molecule has 1 heteroatoms. The lowest BCUT2D eigenvalue weighted by molar-refractivity contribution is 0.505. The van der Waals surface area contributed by atoms with Crippen LogP contribution < -0.4 is 0 Å². The van der Waals surface area contributed by atoms with Crippen LogP contribution in [0, 0.1) is 11.8 Å². The third-order valence-corrected chi connectivity index (χ3v) is 7.78. The molecule has 2 atom stereocenters. The Labute approximate surface area is 146 Å². The molecule has 0 aliphatic rings. The standard InChI is InChI=1S/2C10H21.Mg/c2*1-4-5-6-7-8-9-10(2)3;/h2*10H,2,4-9H2,1,3H3;. The Morgan fingerprint density at radius 2 is 0.952 bits per heavy atom. The molecule has 2 unspecified atom stereocenters. The fourth-order valence-electron chi connectivity index (χ4n) is 3.30. The van der Waals surface area contributed by atoms with Crippen molar-refractivity contribution in [2.24, 2.45) is 11.8 Å². The Kier molecular flexibility index (Phi) is 17.8. The van der Waals surface area contributed by atoms with Crippen LogP contribution in [0.15, 0.2) is 0 Å². The van der Waals surface area contributed by atoms with Gasteiger partial charge in [0.1, 0.15) is 0 Å². The van der Waals surface area contributed by atoms with Gasteiger partial charge in [0.25, 0.3) is 0 Å². The zero-order valence-corrected chi connectivity index (χ0v) is 17.2. The summed E-state index contributed by atoms with van der Waals surface area (Å²) in [4.78, 5) is 0. The largest absolute Gasteiger partial charge is 0.365 e. The Bertz CT molecular complexity index is 170. The quantitative estimate of drug-likeness (QED) is 0.204. The van der Waals surface area contributed by atoms with E-state index in [1.54, 1.807) is 9.10 Å². The predicted octanol–water partition coefficient (Wildman–Crippen LogP) is 7.52. The molecule has 0 saturated heterocycles. The molecule has 0 rings (SSSR count). The Hall–Kier alpha value is 0.766. The summed E-state index contributed by atoms with van der Waals surface area (Å²) in [7, 11) is 0. The molecule has 0 N–H and O–H groups in total. The Morgan fingerprint density at radius 1 is 0.571 bits per heavy atom. The number of rotatable bonds is 16. The van der Waals surface area contributed by atoms with Crippen LogP contribution in [0.5, 0.6) is 0 Å². The van der Waals surface area contributed by atoms with Gasteiger partial charge in [-0.05, 0) is 0 Å². The van der Waals surface area contributed by atoms with Crippen molar-refractivity contribution >= 4 is 20.4 Å². The molecule has 0 aliphatic carbocycles. The van der Waals surface area contributed by atoms with E-state index in [0.29, 0.717) is 0 Å². The predicted molar refractivity (Wildman–Crippen MR) is 100 cm³/mol. The van der Waals surface area contributed by atoms with Gasteiger partial charge in [-0.15, -0.1) is 9.10 Å². The number of hydrogen-bond acceptors (Lipinski definition) is 0. The van der Waals surface area contributed by atoms with Crippen LogP contribution in [-0.4, -0.2) is 20.4 Å². The van der Waals surface area contributed by atoms with E-state index in [4.69, 9.17) is 0 Å². The molecule has 0 heterocycles. The molecule has 0 amide bonds. The highest BCUT2D eigenvalue weighted by Crippen LogP contribution is 2.18. The first-order valence-electron chi connectivity index (χ1n) is 10.2. The second-order valence-corrected chi connectivity index (χ2v) is 9.41. The van der Waals surface area contributed by atoms with Crippen molar-refractivity contribution in [1.29, 1.82) is 0 Å². The number of unbranched alkanes of at least 4 members (excludes halogenated alkanes) is 8. The van der Waals surface area contributed by atoms with Crippen LogP contribution in [0.3, 0.4) is 0 Å². The minimum atomic E-state index is 0.229. The molecule has 0 spiro atoms. The highest BCUT2D eigenvalue weighted by atomic mass is 24.5. The van der Waals surface area contributed by atoms with Crippen molar-refractivity contribution in [3.8, 4) is 0 Å². The summed E-state index contributed by atoms with van der Waals surface area (Å²) in [5, 5.41) is 0. The maximum atomic E-state index is 2.50. The lowest BCUT2D eigenvalue weighted by Gasteiger charge is -2.13. The minimum Gasteiger partial charge on any atom is -0.143 e. The Balaban J connectivity index is 3.30. The van der Waals surface area contributed by atoms with E-state index in [-0.39, 0.29) is 20.4 Å². The average molecular weight is 307 g/mol. The van der Waals surface area contributed by atoms with Crippen LogP contribution in [0.4, 0.5) is 0 Å². The molecule has 0 aromatic rings. The molecule has 0 aromatic heterocycles. The lowest BCUT2D eigenvalue weighted by Crippen LogP contribution is -2.05. The van der Waals surface area contributed by atoms with Gasteiger partial charge in [0.05, 0.1) is 0 Å². The smallest absolute Gasteiger partial charge is 0.143 e. The van der Waals surface area contributed by atoms with E-state index in [1.807, 2.05) is 0 Å². The summed E-state index contributed by atoms with van der Waals surface area (Å²) in [6.07, 6.45) is 17.5. The van der Waals surface area contributed by atoms with Crippen molar-refractivity contribution in [3.63, 3.8) is 0 Å². The van der Waals surface area contributed by atoms with Gasteiger partial charge < -0.3 is 0 Å². The Morgan fingerprint density at radius 3 is 1.33 bits per heavy atom. The molecule has 0 fully saturated rings. The van der Waals surface area contributed by atoms with Crippen LogP contribution in [-0.2, 0) is 0 Å². The molecular formula is C20H42Mg. The zero-order valence-electron chi connectivity index (χ0n) is 15.8. The van der Waals surface area contributed by atoms with Crippen molar-refractivity contribution < 1.29 is 0 Å². The molecular weight excluding hydrogens is 265 g/mol. The van der Waals surface area contributed by atoms with E-state index in [1.165, 1.54) is 77.0 Å². The highest BCUT2D eigenvalue weighted by Gasteiger charge is 2.08. The lowest BCUT2D eigenvalue weighted by atomic mass is 10.0. The van der Waals surface area contributed by atoms with Gasteiger partial charge in [0, 0.05) is 0 Å². The maximum Gasteiger partial charge on any atom is 0.365 e. The fourth-order valence-corrected chi connectivity index (χ4v) is 5.50. The van der Waals surface area contributed by atoms with Gasteiger partial charge in [-0.3, -0.25) is 0 Å². The van der Waals surface area contributed by atoms with E-state index >= 15 is 0 Å². The van der Waals surface area contributed by atoms with E-state index < -0.39 is 0 Å². The van der Waals surface area contributed by atoms with Crippen LogP contribution in [0.1, 0.15) is 105 Å². The minimum absolute atomic E-state index is 0.229. The van der Waals surface area contributed by atoms with Gasteiger partial charge in [-0.1, -0.05) is 117 Å². The second kappa shape index (κ2) is 17.1. The second-order valence-electron chi connectivity index (χ2n) is 7.55. The van der Waals surface area contributed by atoms with Gasteiger partial charge in [0.15, 0.2) is 0 Å². The topological polar surface area (TPSA) is 0 Å². The van der Waals surface area contributed by atoms with Crippen molar-refractivity contribution in [1.82, 2.24) is 0 Å². The molecule has 0 aromatic carbocycles. The maximum absolute atomic E-state index is 2.50. The van der Waals surface area contributed by atoms with Crippen molar-refractivity contribution in [2.75, 3.05) is 0 Å². The summed E-state index contributed by atoms with van der Waals surface area (Å²) in [5.41, 5.74) is 0.